The number of carbonyl (C=O) groups is 4. The quantitative estimate of drug-likeness (QED) is 0.0116. The molecule has 276 valence electrons. The van der Waals surface area contributed by atoms with E-state index in [9.17, 15) is 19.8 Å². The summed E-state index contributed by atoms with van der Waals surface area (Å²) in [5.41, 5.74) is 0. The molecule has 46 heavy (non-hydrogen) atoms. The zero-order valence-corrected chi connectivity index (χ0v) is 25.0. The number of rotatable bonds is 24. The van der Waals surface area contributed by atoms with E-state index in [2.05, 4.69) is 9.47 Å². The summed E-state index contributed by atoms with van der Waals surface area (Å²) >= 11 is 0. The predicted molar refractivity (Wildman–Crippen MR) is 148 cm³/mol. The van der Waals surface area contributed by atoms with Crippen molar-refractivity contribution >= 4 is 25.1 Å². The summed E-state index contributed by atoms with van der Waals surface area (Å²) < 4.78 is 39.7. The maximum Gasteiger partial charge on any atom is 0.212 e. The molecule has 2 aliphatic rings. The molecule has 0 aliphatic carbocycles. The first kappa shape index (κ1) is 50.8. The monoisotopic (exact) mass is 689 g/mol. The fourth-order valence-electron chi connectivity index (χ4n) is 2.03. The molecule has 0 amide bonds. The van der Waals surface area contributed by atoms with Crippen LogP contribution in [-0.4, -0.2) is 200 Å². The van der Waals surface area contributed by atoms with E-state index in [1.54, 1.807) is 0 Å². The number of aliphatic hydroxyl groups excluding tert-OH is 6. The highest BCUT2D eigenvalue weighted by molar-refractivity contribution is 6.09. The Balaban J connectivity index is -0.000000305. The normalized spacial score (nSPS) is 18.2. The van der Waals surface area contributed by atoms with Crippen molar-refractivity contribution in [2.45, 2.75) is 49.6 Å². The number of hydrogen-bond acceptors (Lipinski definition) is 20. The van der Waals surface area contributed by atoms with Crippen LogP contribution < -0.4 is 0 Å². The Kier molecular flexibility index (Phi) is 39.6. The maximum absolute atomic E-state index is 10.0. The Bertz CT molecular complexity index is 620. The van der Waals surface area contributed by atoms with Gasteiger partial charge in [0, 0.05) is 0 Å². The molecule has 6 unspecified atom stereocenters. The van der Waals surface area contributed by atoms with Gasteiger partial charge < -0.3 is 89.7 Å². The molecule has 0 aromatic carbocycles. The van der Waals surface area contributed by atoms with Crippen molar-refractivity contribution in [1.29, 1.82) is 0 Å². The van der Waals surface area contributed by atoms with Gasteiger partial charge in [-0.2, -0.15) is 0 Å². The molecule has 0 aromatic heterocycles. The second kappa shape index (κ2) is 35.8. The Morgan fingerprint density at radius 3 is 1.11 bits per heavy atom. The van der Waals surface area contributed by atoms with Crippen LogP contribution in [0.15, 0.2) is 0 Å². The van der Waals surface area contributed by atoms with Gasteiger partial charge in [0.1, 0.15) is 24.4 Å². The molecule has 6 atom stereocenters. The highest BCUT2D eigenvalue weighted by Gasteiger charge is 2.23. The van der Waals surface area contributed by atoms with E-state index in [-0.39, 0.29) is 75.7 Å². The molecule has 0 aromatic rings. The third kappa shape index (κ3) is 42.0. The summed E-state index contributed by atoms with van der Waals surface area (Å²) in [6, 6.07) is 0. The summed E-state index contributed by atoms with van der Waals surface area (Å²) in [6.07, 6.45) is -7.74. The lowest BCUT2D eigenvalue weighted by atomic mass is 10.4. The van der Waals surface area contributed by atoms with Crippen LogP contribution in [0.25, 0.3) is 0 Å². The van der Waals surface area contributed by atoms with Gasteiger partial charge in [-0.05, 0) is 0 Å². The Labute approximate surface area is 263 Å². The smallest absolute Gasteiger partial charge is 0.212 e. The van der Waals surface area contributed by atoms with Gasteiger partial charge in [0.25, 0.3) is 0 Å². The number of ether oxygens (including phenoxy) is 8. The molecule has 2 fully saturated rings. The first-order chi connectivity index (χ1) is 21.0. The van der Waals surface area contributed by atoms with Crippen LogP contribution >= 0.6 is 0 Å². The molecule has 0 saturated carbocycles. The second-order valence-electron chi connectivity index (χ2n) is 8.34. The molecule has 2 aliphatic heterocycles. The fourth-order valence-corrected chi connectivity index (χ4v) is 2.03. The summed E-state index contributed by atoms with van der Waals surface area (Å²) in [7, 11) is 0. The van der Waals surface area contributed by atoms with Gasteiger partial charge in [-0.15, -0.1) is 0 Å². The van der Waals surface area contributed by atoms with Crippen molar-refractivity contribution in [3.8, 4) is 0 Å². The van der Waals surface area contributed by atoms with E-state index in [1.165, 1.54) is 0 Å². The topological polar surface area (TPSA) is 375 Å². The number of epoxide rings is 2. The van der Waals surface area contributed by atoms with Crippen molar-refractivity contribution in [2.75, 3.05) is 79.3 Å². The van der Waals surface area contributed by atoms with Crippen LogP contribution in [0.5, 0.6) is 0 Å². The van der Waals surface area contributed by atoms with E-state index < -0.39 is 37.4 Å². The van der Waals surface area contributed by atoms with Gasteiger partial charge >= 0.3 is 0 Å². The standard InChI is InChI=1S/C12H22O10.C8H14O4.C2H6O4.C2H2O2.2H2O/c13-3-11(17)21-7-9(15)5-19-1-2-20-6-10(16)8-22-12(18)4-14;1(9-3-7-5-11-7)2-10-4-8-6-12-8;3-1(4)2(5)6;3-1-2-4;;/h3-4,9-12,15-18H,1-2,5-8H2;7-8H,1-6H2;1-6H;1-2H;2*1H2/p+1. The van der Waals surface area contributed by atoms with E-state index in [0.29, 0.717) is 38.6 Å². The highest BCUT2D eigenvalue weighted by atomic mass is 16.6. The Hall–Kier alpha value is -2.04. The number of carbonyl (C=O) groups excluding carboxylic acids is 4. The van der Waals surface area contributed by atoms with Crippen LogP contribution in [-0.2, 0) is 62.5 Å². The van der Waals surface area contributed by atoms with Gasteiger partial charge in [0.15, 0.2) is 25.1 Å². The van der Waals surface area contributed by atoms with Crippen LogP contribution in [0.4, 0.5) is 0 Å². The number of aldehydes is 4. The van der Waals surface area contributed by atoms with Crippen LogP contribution in [0.3, 0.4) is 0 Å². The molecule has 2 heterocycles. The van der Waals surface area contributed by atoms with E-state index >= 15 is 0 Å². The van der Waals surface area contributed by atoms with Gasteiger partial charge in [0.05, 0.1) is 79.3 Å². The first-order valence-corrected chi connectivity index (χ1v) is 13.0. The van der Waals surface area contributed by atoms with Gasteiger partial charge in [0.2, 0.25) is 25.2 Å². The van der Waals surface area contributed by atoms with Gasteiger partial charge in [-0.3, -0.25) is 19.2 Å². The summed E-state index contributed by atoms with van der Waals surface area (Å²) in [5.74, 6) is 0. The molecular weight excluding hydrogens is 640 g/mol. The minimum Gasteiger partial charge on any atom is -0.457 e. The minimum absolute atomic E-state index is 0. The molecule has 0 bridgehead atoms. The number of aliphatic hydroxyl groups is 8. The van der Waals surface area contributed by atoms with Crippen LogP contribution in [0, 0.1) is 0 Å². The molecule has 2 rings (SSSR count). The molecule has 2 saturated heterocycles. The molecule has 13 N–H and O–H groups in total. The summed E-state index contributed by atoms with van der Waals surface area (Å²) in [5, 5.41) is 67.0. The van der Waals surface area contributed by atoms with Crippen LogP contribution in [0.1, 0.15) is 0 Å². The summed E-state index contributed by atoms with van der Waals surface area (Å²) in [4.78, 5) is 37.7. The lowest BCUT2D eigenvalue weighted by Crippen LogP contribution is -2.28. The van der Waals surface area contributed by atoms with Crippen molar-refractivity contribution in [1.82, 2.24) is 0 Å². The van der Waals surface area contributed by atoms with Gasteiger partial charge in [-0.25, -0.2) is 0 Å². The zero-order valence-electron chi connectivity index (χ0n) is 25.0. The van der Waals surface area contributed by atoms with E-state index in [1.807, 2.05) is 0 Å². The van der Waals surface area contributed by atoms with Crippen LogP contribution in [0.2, 0.25) is 0 Å². The predicted octanol–water partition coefficient (Wildman–Crippen LogP) is -8.13. The van der Waals surface area contributed by atoms with Gasteiger partial charge in [-0.1, -0.05) is 0 Å². The molecule has 22 nitrogen and oxygen atoms in total. The van der Waals surface area contributed by atoms with Crippen molar-refractivity contribution in [2.24, 2.45) is 0 Å². The van der Waals surface area contributed by atoms with Crippen molar-refractivity contribution in [3.63, 3.8) is 0 Å². The Morgan fingerprint density at radius 1 is 0.565 bits per heavy atom. The fraction of sp³-hybridized carbons (Fsp3) is 0.833. The average molecular weight is 690 g/mol. The lowest BCUT2D eigenvalue weighted by molar-refractivity contribution is -0.207. The average Bonchev–Trinajstić information content (AvgIpc) is 3.95. The minimum atomic E-state index is -2.04. The third-order valence-corrected chi connectivity index (χ3v) is 4.25. The molecule has 0 spiro atoms. The first-order valence-electron chi connectivity index (χ1n) is 13.0. The maximum atomic E-state index is 10.0. The van der Waals surface area contributed by atoms with E-state index in [4.69, 9.17) is 68.6 Å². The molecule has 22 heteroatoms. The van der Waals surface area contributed by atoms with Crippen molar-refractivity contribution in [3.05, 3.63) is 0 Å². The van der Waals surface area contributed by atoms with E-state index in [0.717, 1.165) is 13.2 Å². The SMILES string of the molecule is C(COCC1CO1)OCC1CO1.O.O=CC(O)OCC(O)COCCOCC(O)COC(O)C=O.O=CC=O.OC(O)C(O)O.[OH3+]. The third-order valence-electron chi connectivity index (χ3n) is 4.25. The molecular formula is C24H49O22+. The zero-order chi connectivity index (χ0) is 33.6. The largest absolute Gasteiger partial charge is 0.457 e. The lowest BCUT2D eigenvalue weighted by Gasteiger charge is -2.14. The van der Waals surface area contributed by atoms with Crippen molar-refractivity contribution < 1.29 is 109 Å². The summed E-state index contributed by atoms with van der Waals surface area (Å²) in [6.45, 7) is 4.07. The molecule has 0 radical (unpaired) electrons. The highest BCUT2D eigenvalue weighted by Crippen LogP contribution is 2.09. The Morgan fingerprint density at radius 2 is 0.870 bits per heavy atom. The number of hydrogen-bond donors (Lipinski definition) is 8. The second-order valence-corrected chi connectivity index (χ2v) is 8.34.